The normalized spacial score (nSPS) is 17.9. The van der Waals surface area contributed by atoms with Gasteiger partial charge in [-0.15, -0.1) is 0 Å². The number of aromatic nitrogens is 3. The van der Waals surface area contributed by atoms with E-state index < -0.39 is 11.1 Å². The second-order valence-electron chi connectivity index (χ2n) is 11.4. The highest BCUT2D eigenvalue weighted by molar-refractivity contribution is 5.64. The molecule has 3 atom stereocenters. The number of nitro groups is 1. The van der Waals surface area contributed by atoms with Crippen molar-refractivity contribution in [1.29, 1.82) is 0 Å². The van der Waals surface area contributed by atoms with Crippen molar-refractivity contribution < 1.29 is 19.2 Å². The highest BCUT2D eigenvalue weighted by atomic mass is 16.7. The first-order chi connectivity index (χ1) is 19.5. The van der Waals surface area contributed by atoms with Gasteiger partial charge in [-0.1, -0.05) is 6.08 Å². The van der Waals surface area contributed by atoms with Crippen LogP contribution in [0.2, 0.25) is 0 Å². The first-order valence-electron chi connectivity index (χ1n) is 13.9. The fraction of sp³-hybridized carbons (Fsp3) is 0.433. The van der Waals surface area contributed by atoms with Crippen molar-refractivity contribution in [3.63, 3.8) is 0 Å². The molecule has 0 saturated heterocycles. The minimum Gasteiger partial charge on any atom is -0.431 e. The molecule has 218 valence electrons. The standard InChI is InChI=1S/C30H38N6O5/c1-20(31)7-5-6-8-22-18-23(15-16-32-22)33-28-19-27(34-35(28)30(2,3)4)21-9-12-26(17-21)41-29(37)40-25-13-10-24(11-14-25)36(38)39/h6,8,10-11,13-16,18-21,26H,5,7,9,12,17,31H2,1-4H3,(H,32,33)/b8-6+/t20-,21-,26+/m0/s1. The molecule has 4 rings (SSSR count). The van der Waals surface area contributed by atoms with Crippen LogP contribution in [0.25, 0.3) is 6.08 Å². The van der Waals surface area contributed by atoms with Crippen LogP contribution in [0.3, 0.4) is 0 Å². The molecular weight excluding hydrogens is 524 g/mol. The molecule has 2 heterocycles. The summed E-state index contributed by atoms with van der Waals surface area (Å²) in [5, 5.41) is 19.3. The van der Waals surface area contributed by atoms with Crippen LogP contribution >= 0.6 is 0 Å². The molecule has 11 heteroatoms. The molecule has 0 unspecified atom stereocenters. The Morgan fingerprint density at radius 2 is 2.00 bits per heavy atom. The van der Waals surface area contributed by atoms with Gasteiger partial charge in [-0.25, -0.2) is 9.48 Å². The van der Waals surface area contributed by atoms with Crippen LogP contribution < -0.4 is 15.8 Å². The number of nitro benzene ring substituents is 1. The van der Waals surface area contributed by atoms with Crippen molar-refractivity contribution >= 4 is 29.4 Å². The minimum atomic E-state index is -0.827. The van der Waals surface area contributed by atoms with E-state index in [-0.39, 0.29) is 35.0 Å². The molecule has 0 bridgehead atoms. The Hall–Kier alpha value is -4.25. The first-order valence-corrected chi connectivity index (χ1v) is 13.9. The number of benzene rings is 1. The van der Waals surface area contributed by atoms with Crippen LogP contribution in [0, 0.1) is 10.1 Å². The van der Waals surface area contributed by atoms with Crippen LogP contribution in [0.15, 0.2) is 54.7 Å². The number of hydrogen-bond donors (Lipinski definition) is 2. The number of carbonyl (C=O) groups excluding carboxylic acids is 1. The summed E-state index contributed by atoms with van der Waals surface area (Å²) in [6.07, 6.45) is 8.70. The zero-order chi connectivity index (χ0) is 29.6. The molecule has 3 N–H and O–H groups in total. The van der Waals surface area contributed by atoms with Gasteiger partial charge in [0.15, 0.2) is 0 Å². The van der Waals surface area contributed by atoms with Gasteiger partial charge < -0.3 is 20.5 Å². The lowest BCUT2D eigenvalue weighted by Gasteiger charge is -2.23. The van der Waals surface area contributed by atoms with E-state index in [2.05, 4.69) is 43.2 Å². The summed E-state index contributed by atoms with van der Waals surface area (Å²) in [7, 11) is 0. The van der Waals surface area contributed by atoms with Gasteiger partial charge in [-0.05, 0) is 90.1 Å². The third-order valence-corrected chi connectivity index (χ3v) is 6.81. The van der Waals surface area contributed by atoms with E-state index >= 15 is 0 Å². The second kappa shape index (κ2) is 12.9. The lowest BCUT2D eigenvalue weighted by Crippen LogP contribution is -2.24. The smallest absolute Gasteiger partial charge is 0.431 e. The minimum absolute atomic E-state index is 0.0814. The quantitative estimate of drug-likeness (QED) is 0.119. The van der Waals surface area contributed by atoms with Crippen molar-refractivity contribution in [2.45, 2.75) is 83.4 Å². The number of hydrogen-bond acceptors (Lipinski definition) is 9. The van der Waals surface area contributed by atoms with E-state index in [1.807, 2.05) is 29.8 Å². The van der Waals surface area contributed by atoms with E-state index in [0.29, 0.717) is 12.8 Å². The average molecular weight is 563 g/mol. The highest BCUT2D eigenvalue weighted by Crippen LogP contribution is 2.38. The number of nitrogens with two attached hydrogens (primary N) is 1. The van der Waals surface area contributed by atoms with Crippen molar-refractivity contribution in [3.05, 3.63) is 76.2 Å². The Morgan fingerprint density at radius 1 is 1.24 bits per heavy atom. The molecule has 2 aromatic heterocycles. The van der Waals surface area contributed by atoms with E-state index in [1.54, 1.807) is 6.20 Å². The van der Waals surface area contributed by atoms with Crippen molar-refractivity contribution in [3.8, 4) is 5.75 Å². The van der Waals surface area contributed by atoms with Gasteiger partial charge in [-0.3, -0.25) is 15.1 Å². The van der Waals surface area contributed by atoms with Gasteiger partial charge in [0.25, 0.3) is 5.69 Å². The maximum atomic E-state index is 12.3. The fourth-order valence-corrected chi connectivity index (χ4v) is 4.74. The SMILES string of the molecule is C[C@H](N)CC/C=C/c1cc(Nc2cc([C@H]3CC[C@@H](OC(=O)Oc4ccc([N+](=O)[O-])cc4)C3)nn2C(C)(C)C)ccn1. The number of pyridine rings is 1. The number of nitrogens with one attached hydrogen (secondary N) is 1. The number of allylic oxidation sites excluding steroid dienone is 1. The summed E-state index contributed by atoms with van der Waals surface area (Å²) in [5.41, 5.74) is 8.19. The van der Waals surface area contributed by atoms with E-state index in [4.69, 9.17) is 20.3 Å². The summed E-state index contributed by atoms with van der Waals surface area (Å²) in [5.74, 6) is 1.18. The van der Waals surface area contributed by atoms with Gasteiger partial charge in [0, 0.05) is 42.0 Å². The van der Waals surface area contributed by atoms with Crippen molar-refractivity contribution in [2.24, 2.45) is 5.73 Å². The third-order valence-electron chi connectivity index (χ3n) is 6.81. The van der Waals surface area contributed by atoms with Crippen LogP contribution in [0.1, 0.15) is 77.1 Å². The number of carbonyl (C=O) groups is 1. The maximum Gasteiger partial charge on any atom is 0.514 e. The first kappa shape index (κ1) is 29.7. The largest absolute Gasteiger partial charge is 0.514 e. The molecule has 1 aromatic carbocycles. The molecule has 0 radical (unpaired) electrons. The van der Waals surface area contributed by atoms with Crippen LogP contribution in [-0.4, -0.2) is 38.0 Å². The molecule has 1 aliphatic rings. The lowest BCUT2D eigenvalue weighted by atomic mass is 10.0. The molecule has 11 nitrogen and oxygen atoms in total. The van der Waals surface area contributed by atoms with Crippen molar-refractivity contribution in [2.75, 3.05) is 5.32 Å². The van der Waals surface area contributed by atoms with Crippen molar-refractivity contribution in [1.82, 2.24) is 14.8 Å². The maximum absolute atomic E-state index is 12.3. The Morgan fingerprint density at radius 3 is 2.68 bits per heavy atom. The van der Waals surface area contributed by atoms with Gasteiger partial charge in [-0.2, -0.15) is 5.10 Å². The van der Waals surface area contributed by atoms with Gasteiger partial charge in [0.1, 0.15) is 17.7 Å². The molecule has 1 saturated carbocycles. The number of rotatable bonds is 10. The van der Waals surface area contributed by atoms with E-state index in [0.717, 1.165) is 42.2 Å². The molecular formula is C30H38N6O5. The molecule has 41 heavy (non-hydrogen) atoms. The summed E-state index contributed by atoms with van der Waals surface area (Å²) in [6.45, 7) is 8.30. The Bertz CT molecular complexity index is 1380. The summed E-state index contributed by atoms with van der Waals surface area (Å²) in [4.78, 5) is 27.1. The van der Waals surface area contributed by atoms with Gasteiger partial charge in [0.2, 0.25) is 0 Å². The van der Waals surface area contributed by atoms with Crippen LogP contribution in [-0.2, 0) is 10.3 Å². The Balaban J connectivity index is 1.39. The molecule has 0 spiro atoms. The molecule has 1 fully saturated rings. The predicted octanol–water partition coefficient (Wildman–Crippen LogP) is 6.68. The number of ether oxygens (including phenoxy) is 2. The van der Waals surface area contributed by atoms with Crippen LogP contribution in [0.5, 0.6) is 5.75 Å². The summed E-state index contributed by atoms with van der Waals surface area (Å²) >= 11 is 0. The van der Waals surface area contributed by atoms with Crippen LogP contribution in [0.4, 0.5) is 22.0 Å². The molecule has 0 aliphatic heterocycles. The average Bonchev–Trinajstić information content (AvgIpc) is 3.54. The van der Waals surface area contributed by atoms with E-state index in [1.165, 1.54) is 24.3 Å². The second-order valence-corrected chi connectivity index (χ2v) is 11.4. The van der Waals surface area contributed by atoms with E-state index in [9.17, 15) is 14.9 Å². The number of anilines is 2. The lowest BCUT2D eigenvalue weighted by molar-refractivity contribution is -0.384. The topological polar surface area (TPSA) is 147 Å². The zero-order valence-electron chi connectivity index (χ0n) is 23.9. The molecule has 0 amide bonds. The van der Waals surface area contributed by atoms with Gasteiger partial charge >= 0.3 is 6.16 Å². The summed E-state index contributed by atoms with van der Waals surface area (Å²) < 4.78 is 12.7. The highest BCUT2D eigenvalue weighted by Gasteiger charge is 2.32. The molecule has 1 aliphatic carbocycles. The fourth-order valence-electron chi connectivity index (χ4n) is 4.74. The number of non-ortho nitro benzene ring substituents is 1. The molecule has 3 aromatic rings. The monoisotopic (exact) mass is 562 g/mol. The summed E-state index contributed by atoms with van der Waals surface area (Å²) in [6, 6.07) is 11.4. The number of nitrogens with zero attached hydrogens (tertiary/aromatic N) is 4. The Kier molecular flexibility index (Phi) is 9.38. The Labute approximate surface area is 239 Å². The zero-order valence-corrected chi connectivity index (χ0v) is 23.9. The third kappa shape index (κ3) is 8.37. The predicted molar refractivity (Wildman–Crippen MR) is 157 cm³/mol. The van der Waals surface area contributed by atoms with Gasteiger partial charge in [0.05, 0.1) is 21.9 Å².